The van der Waals surface area contributed by atoms with Crippen molar-refractivity contribution in [2.45, 2.75) is 16.4 Å². The highest BCUT2D eigenvalue weighted by molar-refractivity contribution is 8.00. The number of hydrogen-bond acceptors (Lipinski definition) is 7. The standard InChI is InChI=1S/C8H6N4OS2/c1-5-11-8(15-12-5)14-7-9-2-6(4-13)3-10-7/h2-4H,1H3. The molecule has 2 aromatic heterocycles. The molecule has 0 saturated carbocycles. The van der Waals surface area contributed by atoms with Crippen LogP contribution in [0.15, 0.2) is 21.9 Å². The molecule has 2 rings (SSSR count). The van der Waals surface area contributed by atoms with Crippen LogP contribution in [0.3, 0.4) is 0 Å². The molecule has 2 heterocycles. The Labute approximate surface area is 94.2 Å². The van der Waals surface area contributed by atoms with E-state index in [4.69, 9.17) is 0 Å². The van der Waals surface area contributed by atoms with Gasteiger partial charge >= 0.3 is 0 Å². The molecule has 0 fully saturated rings. The Morgan fingerprint density at radius 1 is 1.40 bits per heavy atom. The fourth-order valence-electron chi connectivity index (χ4n) is 0.837. The monoisotopic (exact) mass is 238 g/mol. The third-order valence-electron chi connectivity index (χ3n) is 1.47. The van der Waals surface area contributed by atoms with Gasteiger partial charge in [-0.2, -0.15) is 4.37 Å². The van der Waals surface area contributed by atoms with E-state index in [-0.39, 0.29) is 0 Å². The maximum Gasteiger partial charge on any atom is 0.194 e. The van der Waals surface area contributed by atoms with Crippen molar-refractivity contribution < 1.29 is 4.79 Å². The zero-order valence-corrected chi connectivity index (χ0v) is 9.38. The van der Waals surface area contributed by atoms with E-state index < -0.39 is 0 Å². The Morgan fingerprint density at radius 3 is 2.67 bits per heavy atom. The van der Waals surface area contributed by atoms with Crippen molar-refractivity contribution in [2.24, 2.45) is 0 Å². The number of hydrogen-bond donors (Lipinski definition) is 0. The summed E-state index contributed by atoms with van der Waals surface area (Å²) in [7, 11) is 0. The van der Waals surface area contributed by atoms with Gasteiger partial charge in [-0.3, -0.25) is 4.79 Å². The van der Waals surface area contributed by atoms with Crippen LogP contribution >= 0.6 is 23.3 Å². The van der Waals surface area contributed by atoms with Crippen molar-refractivity contribution in [3.63, 3.8) is 0 Å². The van der Waals surface area contributed by atoms with Gasteiger partial charge in [0.25, 0.3) is 0 Å². The molecule has 0 aromatic carbocycles. The Balaban J connectivity index is 2.14. The van der Waals surface area contributed by atoms with E-state index in [1.807, 2.05) is 6.92 Å². The largest absolute Gasteiger partial charge is 0.298 e. The molecule has 76 valence electrons. The first-order valence-electron chi connectivity index (χ1n) is 4.03. The molecule has 0 spiro atoms. The van der Waals surface area contributed by atoms with Gasteiger partial charge in [-0.25, -0.2) is 15.0 Å². The number of aldehydes is 1. The number of aryl methyl sites for hydroxylation is 1. The number of carbonyl (C=O) groups is 1. The van der Waals surface area contributed by atoms with Crippen molar-refractivity contribution in [3.05, 3.63) is 23.8 Å². The van der Waals surface area contributed by atoms with Gasteiger partial charge in [-0.05, 0) is 30.2 Å². The van der Waals surface area contributed by atoms with E-state index in [0.29, 0.717) is 17.0 Å². The quantitative estimate of drug-likeness (QED) is 0.597. The maximum atomic E-state index is 10.4. The predicted molar refractivity (Wildman–Crippen MR) is 56.2 cm³/mol. The van der Waals surface area contributed by atoms with E-state index in [2.05, 4.69) is 19.3 Å². The smallest absolute Gasteiger partial charge is 0.194 e. The van der Waals surface area contributed by atoms with Crippen LogP contribution in [0.1, 0.15) is 16.2 Å². The fourth-order valence-corrected chi connectivity index (χ4v) is 2.29. The molecule has 0 atom stereocenters. The molecule has 0 amide bonds. The average molecular weight is 238 g/mol. The number of aromatic nitrogens is 4. The minimum absolute atomic E-state index is 0.466. The van der Waals surface area contributed by atoms with Gasteiger partial charge in [0.15, 0.2) is 15.8 Å². The Morgan fingerprint density at radius 2 is 2.13 bits per heavy atom. The van der Waals surface area contributed by atoms with Crippen LogP contribution < -0.4 is 0 Å². The Bertz CT molecular complexity index is 468. The minimum Gasteiger partial charge on any atom is -0.298 e. The molecule has 15 heavy (non-hydrogen) atoms. The first kappa shape index (κ1) is 10.2. The molecule has 0 unspecified atom stereocenters. The summed E-state index contributed by atoms with van der Waals surface area (Å²) in [5.41, 5.74) is 0.466. The van der Waals surface area contributed by atoms with Crippen molar-refractivity contribution in [3.8, 4) is 0 Å². The zero-order valence-electron chi connectivity index (χ0n) is 7.75. The number of nitrogens with zero attached hydrogens (tertiary/aromatic N) is 4. The molecule has 0 aliphatic rings. The van der Waals surface area contributed by atoms with Crippen LogP contribution in [0.5, 0.6) is 0 Å². The minimum atomic E-state index is 0.466. The highest BCUT2D eigenvalue weighted by atomic mass is 32.2. The maximum absolute atomic E-state index is 10.4. The summed E-state index contributed by atoms with van der Waals surface area (Å²) < 4.78 is 4.84. The van der Waals surface area contributed by atoms with Crippen LogP contribution in [0.2, 0.25) is 0 Å². The Kier molecular flexibility index (Phi) is 3.02. The summed E-state index contributed by atoms with van der Waals surface area (Å²) in [5, 5.41) is 0.566. The van der Waals surface area contributed by atoms with Gasteiger partial charge in [0.05, 0.1) is 5.56 Å². The SMILES string of the molecule is Cc1nsc(Sc2ncc(C=O)cn2)n1. The molecular formula is C8H6N4OS2. The summed E-state index contributed by atoms with van der Waals surface area (Å²) in [4.78, 5) is 22.6. The third-order valence-corrected chi connectivity index (χ3v) is 3.21. The van der Waals surface area contributed by atoms with E-state index >= 15 is 0 Å². The molecule has 0 N–H and O–H groups in total. The first-order valence-corrected chi connectivity index (χ1v) is 5.62. The Hall–Kier alpha value is -1.34. The summed E-state index contributed by atoms with van der Waals surface area (Å²) in [6.07, 6.45) is 3.68. The van der Waals surface area contributed by atoms with Crippen molar-refractivity contribution in [1.82, 2.24) is 19.3 Å². The van der Waals surface area contributed by atoms with Crippen LogP contribution in [-0.2, 0) is 0 Å². The number of carbonyl (C=O) groups excluding carboxylic acids is 1. The van der Waals surface area contributed by atoms with E-state index in [1.165, 1.54) is 35.7 Å². The summed E-state index contributed by atoms with van der Waals surface area (Å²) in [6, 6.07) is 0. The molecule has 5 nitrogen and oxygen atoms in total. The number of rotatable bonds is 3. The van der Waals surface area contributed by atoms with Gasteiger partial charge in [0.2, 0.25) is 0 Å². The lowest BCUT2D eigenvalue weighted by Gasteiger charge is -1.94. The molecule has 0 aliphatic heterocycles. The van der Waals surface area contributed by atoms with Crippen molar-refractivity contribution in [1.29, 1.82) is 0 Å². The summed E-state index contributed by atoms with van der Waals surface area (Å²) >= 11 is 2.64. The molecule has 2 aromatic rings. The van der Waals surface area contributed by atoms with E-state index in [0.717, 1.165) is 10.2 Å². The van der Waals surface area contributed by atoms with Crippen LogP contribution in [0, 0.1) is 6.92 Å². The fraction of sp³-hybridized carbons (Fsp3) is 0.125. The van der Waals surface area contributed by atoms with Crippen molar-refractivity contribution >= 4 is 29.6 Å². The summed E-state index contributed by atoms with van der Waals surface area (Å²) in [6.45, 7) is 1.83. The van der Waals surface area contributed by atoms with Crippen molar-refractivity contribution in [2.75, 3.05) is 0 Å². The van der Waals surface area contributed by atoms with Crippen LogP contribution in [0.25, 0.3) is 0 Å². The lowest BCUT2D eigenvalue weighted by atomic mass is 10.4. The second kappa shape index (κ2) is 4.45. The lowest BCUT2D eigenvalue weighted by Crippen LogP contribution is -1.88. The second-order valence-corrected chi connectivity index (χ2v) is 4.59. The third kappa shape index (κ3) is 2.57. The molecule has 0 radical (unpaired) electrons. The van der Waals surface area contributed by atoms with Gasteiger partial charge in [0, 0.05) is 12.4 Å². The highest BCUT2D eigenvalue weighted by Crippen LogP contribution is 2.25. The summed E-state index contributed by atoms with van der Waals surface area (Å²) in [5.74, 6) is 0.743. The van der Waals surface area contributed by atoms with Crippen LogP contribution in [-0.4, -0.2) is 25.6 Å². The van der Waals surface area contributed by atoms with E-state index in [1.54, 1.807) is 0 Å². The lowest BCUT2D eigenvalue weighted by molar-refractivity contribution is 0.112. The molecular weight excluding hydrogens is 232 g/mol. The first-order chi connectivity index (χ1) is 7.28. The topological polar surface area (TPSA) is 68.6 Å². The second-order valence-electron chi connectivity index (χ2n) is 2.63. The highest BCUT2D eigenvalue weighted by Gasteiger charge is 2.05. The molecule has 0 saturated heterocycles. The van der Waals surface area contributed by atoms with Gasteiger partial charge in [0.1, 0.15) is 5.82 Å². The van der Waals surface area contributed by atoms with Gasteiger partial charge in [-0.15, -0.1) is 0 Å². The van der Waals surface area contributed by atoms with Crippen LogP contribution in [0.4, 0.5) is 0 Å². The van der Waals surface area contributed by atoms with Gasteiger partial charge in [-0.1, -0.05) is 0 Å². The normalized spacial score (nSPS) is 10.2. The average Bonchev–Trinajstić information content (AvgIpc) is 2.65. The molecule has 0 aliphatic carbocycles. The predicted octanol–water partition coefficient (Wildman–Crippen LogP) is 1.60. The molecule has 7 heteroatoms. The van der Waals surface area contributed by atoms with E-state index in [9.17, 15) is 4.79 Å². The zero-order chi connectivity index (χ0) is 10.7. The van der Waals surface area contributed by atoms with Gasteiger partial charge < -0.3 is 0 Å². The molecule has 0 bridgehead atoms.